The van der Waals surface area contributed by atoms with Crippen LogP contribution in [-0.4, -0.2) is 40.9 Å². The second-order valence-electron chi connectivity index (χ2n) is 4.73. The normalized spacial score (nSPS) is 10.4. The van der Waals surface area contributed by atoms with Crippen LogP contribution in [-0.2, 0) is 11.3 Å². The summed E-state index contributed by atoms with van der Waals surface area (Å²) in [5, 5.41) is 7.25. The Morgan fingerprint density at radius 2 is 2.24 bits per heavy atom. The van der Waals surface area contributed by atoms with E-state index in [4.69, 9.17) is 4.74 Å². The fourth-order valence-electron chi connectivity index (χ4n) is 2.00. The van der Waals surface area contributed by atoms with Crippen LogP contribution in [0.1, 0.15) is 12.1 Å². The number of rotatable bonds is 6. The van der Waals surface area contributed by atoms with Gasteiger partial charge in [-0.2, -0.15) is 17.7 Å². The number of ether oxygens (including phenoxy) is 1. The highest BCUT2D eigenvalue weighted by molar-refractivity contribution is 7.80. The van der Waals surface area contributed by atoms with Crippen molar-refractivity contribution >= 4 is 18.5 Å². The van der Waals surface area contributed by atoms with E-state index in [1.54, 1.807) is 19.1 Å². The Kier molecular flexibility index (Phi) is 5.27. The zero-order chi connectivity index (χ0) is 15.2. The van der Waals surface area contributed by atoms with E-state index in [2.05, 4.69) is 22.8 Å². The molecule has 0 fully saturated rings. The van der Waals surface area contributed by atoms with Gasteiger partial charge in [-0.25, -0.2) is 0 Å². The second kappa shape index (κ2) is 7.17. The Bertz CT molecular complexity index is 612. The van der Waals surface area contributed by atoms with Gasteiger partial charge in [-0.05, 0) is 24.0 Å². The first-order valence-electron chi connectivity index (χ1n) is 6.67. The number of aromatic amines is 1. The molecule has 1 aromatic carbocycles. The first kappa shape index (κ1) is 15.4. The van der Waals surface area contributed by atoms with E-state index in [9.17, 15) is 4.79 Å². The third kappa shape index (κ3) is 4.01. The molecule has 0 saturated heterocycles. The Morgan fingerprint density at radius 3 is 2.95 bits per heavy atom. The first-order valence-corrected chi connectivity index (χ1v) is 7.31. The third-order valence-corrected chi connectivity index (χ3v) is 3.38. The van der Waals surface area contributed by atoms with Gasteiger partial charge in [0.05, 0.1) is 25.0 Å². The summed E-state index contributed by atoms with van der Waals surface area (Å²) in [7, 11) is 3.41. The molecule has 0 aliphatic heterocycles. The number of carbonyl (C=O) groups is 1. The molecule has 5 nitrogen and oxygen atoms in total. The van der Waals surface area contributed by atoms with Crippen molar-refractivity contribution in [3.8, 4) is 17.0 Å². The largest absolute Gasteiger partial charge is 0.497 e. The number of aromatic nitrogens is 2. The number of benzene rings is 1. The summed E-state index contributed by atoms with van der Waals surface area (Å²) in [6.07, 6.45) is 0.441. The molecule has 0 bridgehead atoms. The molecular formula is C15H19N3O2S. The molecule has 1 N–H and O–H groups in total. The minimum Gasteiger partial charge on any atom is -0.497 e. The first-order chi connectivity index (χ1) is 10.1. The van der Waals surface area contributed by atoms with Crippen LogP contribution in [0.15, 0.2) is 30.3 Å². The predicted octanol–water partition coefficient (Wildman–Crippen LogP) is 2.36. The lowest BCUT2D eigenvalue weighted by molar-refractivity contribution is -0.130. The molecular weight excluding hydrogens is 286 g/mol. The molecule has 1 heterocycles. The molecule has 0 spiro atoms. The van der Waals surface area contributed by atoms with Crippen LogP contribution in [0.5, 0.6) is 5.75 Å². The molecule has 2 rings (SSSR count). The fourth-order valence-corrected chi connectivity index (χ4v) is 2.19. The van der Waals surface area contributed by atoms with Crippen LogP contribution in [0.25, 0.3) is 11.3 Å². The van der Waals surface area contributed by atoms with Crippen molar-refractivity contribution in [1.82, 2.24) is 15.1 Å². The SMILES string of the molecule is COc1cccc(-c2cc(CN(C)C(=O)CCS)[nH]n2)c1. The van der Waals surface area contributed by atoms with Crippen molar-refractivity contribution in [3.05, 3.63) is 36.0 Å². The molecule has 0 saturated carbocycles. The molecule has 0 aliphatic rings. The van der Waals surface area contributed by atoms with Gasteiger partial charge in [0.15, 0.2) is 0 Å². The average Bonchev–Trinajstić information content (AvgIpc) is 2.96. The molecule has 0 aliphatic carbocycles. The van der Waals surface area contributed by atoms with Gasteiger partial charge in [0.1, 0.15) is 5.75 Å². The molecule has 0 atom stereocenters. The molecule has 0 unspecified atom stereocenters. The van der Waals surface area contributed by atoms with E-state index >= 15 is 0 Å². The van der Waals surface area contributed by atoms with E-state index in [1.807, 2.05) is 30.3 Å². The molecule has 1 amide bonds. The van der Waals surface area contributed by atoms with Crippen LogP contribution in [0.4, 0.5) is 0 Å². The number of thiol groups is 1. The van der Waals surface area contributed by atoms with Crippen molar-refractivity contribution in [3.63, 3.8) is 0 Å². The summed E-state index contributed by atoms with van der Waals surface area (Å²) in [4.78, 5) is 13.4. The van der Waals surface area contributed by atoms with E-state index in [0.29, 0.717) is 18.7 Å². The Balaban J connectivity index is 2.09. The summed E-state index contributed by atoms with van der Waals surface area (Å²) in [5.74, 6) is 1.42. The summed E-state index contributed by atoms with van der Waals surface area (Å²) in [6.45, 7) is 0.504. The minimum atomic E-state index is 0.0718. The molecule has 21 heavy (non-hydrogen) atoms. The molecule has 6 heteroatoms. The number of hydrogen-bond acceptors (Lipinski definition) is 4. The van der Waals surface area contributed by atoms with Crippen LogP contribution >= 0.6 is 12.6 Å². The smallest absolute Gasteiger partial charge is 0.223 e. The van der Waals surface area contributed by atoms with Crippen molar-refractivity contribution in [2.75, 3.05) is 19.9 Å². The topological polar surface area (TPSA) is 58.2 Å². The minimum absolute atomic E-state index is 0.0718. The molecule has 112 valence electrons. The Hall–Kier alpha value is -1.95. The van der Waals surface area contributed by atoms with Crippen molar-refractivity contribution < 1.29 is 9.53 Å². The Morgan fingerprint density at radius 1 is 1.43 bits per heavy atom. The molecule has 0 radical (unpaired) electrons. The van der Waals surface area contributed by atoms with Gasteiger partial charge in [0.2, 0.25) is 5.91 Å². The number of amides is 1. The average molecular weight is 305 g/mol. The van der Waals surface area contributed by atoms with Gasteiger partial charge in [-0.1, -0.05) is 12.1 Å². The number of methoxy groups -OCH3 is 1. The van der Waals surface area contributed by atoms with Gasteiger partial charge in [0.25, 0.3) is 0 Å². The van der Waals surface area contributed by atoms with E-state index in [1.165, 1.54) is 0 Å². The van der Waals surface area contributed by atoms with Gasteiger partial charge in [0, 0.05) is 19.0 Å². The Labute approximate surface area is 129 Å². The van der Waals surface area contributed by atoms with Crippen molar-refractivity contribution in [2.45, 2.75) is 13.0 Å². The summed E-state index contributed by atoms with van der Waals surface area (Å²) >= 11 is 4.07. The number of hydrogen-bond donors (Lipinski definition) is 2. The number of nitrogens with zero attached hydrogens (tertiary/aromatic N) is 2. The summed E-state index contributed by atoms with van der Waals surface area (Å²) < 4.78 is 5.21. The zero-order valence-electron chi connectivity index (χ0n) is 12.2. The summed E-state index contributed by atoms with van der Waals surface area (Å²) in [6, 6.07) is 9.65. The zero-order valence-corrected chi connectivity index (χ0v) is 13.1. The highest BCUT2D eigenvalue weighted by Crippen LogP contribution is 2.22. The fraction of sp³-hybridized carbons (Fsp3) is 0.333. The van der Waals surface area contributed by atoms with Gasteiger partial charge >= 0.3 is 0 Å². The molecule has 1 aromatic heterocycles. The van der Waals surface area contributed by atoms with Crippen molar-refractivity contribution in [1.29, 1.82) is 0 Å². The summed E-state index contributed by atoms with van der Waals surface area (Å²) in [5.41, 5.74) is 2.70. The highest BCUT2D eigenvalue weighted by atomic mass is 32.1. The maximum absolute atomic E-state index is 11.7. The van der Waals surface area contributed by atoms with Crippen LogP contribution in [0.2, 0.25) is 0 Å². The van der Waals surface area contributed by atoms with Crippen LogP contribution in [0.3, 0.4) is 0 Å². The quantitative estimate of drug-likeness (QED) is 0.806. The van der Waals surface area contributed by atoms with Gasteiger partial charge < -0.3 is 9.64 Å². The second-order valence-corrected chi connectivity index (χ2v) is 5.18. The number of nitrogens with one attached hydrogen (secondary N) is 1. The van der Waals surface area contributed by atoms with E-state index in [-0.39, 0.29) is 5.91 Å². The lowest BCUT2D eigenvalue weighted by atomic mass is 10.1. The van der Waals surface area contributed by atoms with Gasteiger partial charge in [-0.3, -0.25) is 9.89 Å². The maximum Gasteiger partial charge on any atom is 0.223 e. The van der Waals surface area contributed by atoms with E-state index in [0.717, 1.165) is 22.7 Å². The number of H-pyrrole nitrogens is 1. The van der Waals surface area contributed by atoms with Crippen LogP contribution in [0, 0.1) is 0 Å². The standard InChI is InChI=1S/C15H19N3O2S/c1-18(15(19)6-7-21)10-12-9-14(17-16-12)11-4-3-5-13(8-11)20-2/h3-5,8-9,21H,6-7,10H2,1-2H3,(H,16,17). The van der Waals surface area contributed by atoms with E-state index < -0.39 is 0 Å². The van der Waals surface area contributed by atoms with Crippen molar-refractivity contribution in [2.24, 2.45) is 0 Å². The maximum atomic E-state index is 11.7. The van der Waals surface area contributed by atoms with Gasteiger partial charge in [-0.15, -0.1) is 0 Å². The molecule has 2 aromatic rings. The predicted molar refractivity (Wildman–Crippen MR) is 85.5 cm³/mol. The lowest BCUT2D eigenvalue weighted by Crippen LogP contribution is -2.26. The lowest BCUT2D eigenvalue weighted by Gasteiger charge is -2.15. The monoisotopic (exact) mass is 305 g/mol. The highest BCUT2D eigenvalue weighted by Gasteiger charge is 2.11. The van der Waals surface area contributed by atoms with Crippen LogP contribution < -0.4 is 4.74 Å². The number of carbonyl (C=O) groups excluding carboxylic acids is 1. The third-order valence-electron chi connectivity index (χ3n) is 3.16.